The Hall–Kier alpha value is -2.95. The van der Waals surface area contributed by atoms with E-state index in [2.05, 4.69) is 10.1 Å². The number of carbonyl (C=O) groups excluding carboxylic acids is 1. The number of pyridine rings is 1. The molecule has 0 fully saturated rings. The fourth-order valence-electron chi connectivity index (χ4n) is 2.89. The lowest BCUT2D eigenvalue weighted by Gasteiger charge is -2.17. The van der Waals surface area contributed by atoms with Crippen molar-refractivity contribution in [1.29, 1.82) is 0 Å². The normalized spacial score (nSPS) is 10.7. The Morgan fingerprint density at radius 2 is 1.76 bits per heavy atom. The van der Waals surface area contributed by atoms with E-state index in [1.54, 1.807) is 18.0 Å². The van der Waals surface area contributed by atoms with E-state index in [4.69, 9.17) is 0 Å². The fourth-order valence-corrected chi connectivity index (χ4v) is 2.89. The summed E-state index contributed by atoms with van der Waals surface area (Å²) in [4.78, 5) is 18.6. The highest BCUT2D eigenvalue weighted by Crippen LogP contribution is 2.19. The van der Waals surface area contributed by atoms with Crippen molar-refractivity contribution in [3.8, 4) is 5.69 Å². The zero-order valence-corrected chi connectivity index (χ0v) is 15.0. The fraction of sp³-hybridized carbons (Fsp3) is 0.250. The standard InChI is InChI=1S/C20H22N4O/c1-14-9-8-12-19(21-14)20(25)23(4)13-18-15(2)22-24(16(18)3)17-10-6-5-7-11-17/h5-12H,13H2,1-4H3. The van der Waals surface area contributed by atoms with Crippen LogP contribution in [0, 0.1) is 20.8 Å². The zero-order chi connectivity index (χ0) is 18.0. The minimum Gasteiger partial charge on any atom is -0.336 e. The van der Waals surface area contributed by atoms with Crippen molar-refractivity contribution in [3.05, 3.63) is 76.9 Å². The van der Waals surface area contributed by atoms with Crippen molar-refractivity contribution >= 4 is 5.91 Å². The SMILES string of the molecule is Cc1cccc(C(=O)N(C)Cc2c(C)nn(-c3ccccc3)c2C)n1. The van der Waals surface area contributed by atoms with Crippen LogP contribution in [0.1, 0.15) is 33.1 Å². The third-order valence-corrected chi connectivity index (χ3v) is 4.29. The average molecular weight is 334 g/mol. The second kappa shape index (κ2) is 6.89. The van der Waals surface area contributed by atoms with Crippen LogP contribution in [0.2, 0.25) is 0 Å². The van der Waals surface area contributed by atoms with Crippen molar-refractivity contribution in [2.24, 2.45) is 0 Å². The molecule has 1 amide bonds. The van der Waals surface area contributed by atoms with Crippen LogP contribution in [0.5, 0.6) is 0 Å². The van der Waals surface area contributed by atoms with Crippen LogP contribution in [-0.4, -0.2) is 32.6 Å². The third-order valence-electron chi connectivity index (χ3n) is 4.29. The van der Waals surface area contributed by atoms with E-state index in [0.717, 1.165) is 28.3 Å². The lowest BCUT2D eigenvalue weighted by molar-refractivity contribution is 0.0778. The molecular formula is C20H22N4O. The Labute approximate surface area is 147 Å². The molecule has 2 heterocycles. The molecule has 0 aliphatic carbocycles. The molecule has 0 spiro atoms. The van der Waals surface area contributed by atoms with Crippen LogP contribution in [0.3, 0.4) is 0 Å². The van der Waals surface area contributed by atoms with E-state index in [1.165, 1.54) is 0 Å². The van der Waals surface area contributed by atoms with Crippen LogP contribution < -0.4 is 0 Å². The molecule has 0 aliphatic rings. The van der Waals surface area contributed by atoms with Gasteiger partial charge >= 0.3 is 0 Å². The summed E-state index contributed by atoms with van der Waals surface area (Å²) in [6.07, 6.45) is 0. The highest BCUT2D eigenvalue weighted by molar-refractivity contribution is 5.92. The van der Waals surface area contributed by atoms with Gasteiger partial charge in [-0.3, -0.25) is 4.79 Å². The molecule has 0 saturated heterocycles. The van der Waals surface area contributed by atoms with Crippen LogP contribution in [0.15, 0.2) is 48.5 Å². The lowest BCUT2D eigenvalue weighted by Crippen LogP contribution is -2.27. The largest absolute Gasteiger partial charge is 0.336 e. The van der Waals surface area contributed by atoms with Gasteiger partial charge in [0, 0.05) is 30.5 Å². The number of aryl methyl sites for hydroxylation is 2. The van der Waals surface area contributed by atoms with Crippen LogP contribution in [0.25, 0.3) is 5.69 Å². The summed E-state index contributed by atoms with van der Waals surface area (Å²) < 4.78 is 1.92. The van der Waals surface area contributed by atoms with Crippen LogP contribution in [0.4, 0.5) is 0 Å². The molecule has 2 aromatic heterocycles. The smallest absolute Gasteiger partial charge is 0.272 e. The predicted molar refractivity (Wildman–Crippen MR) is 97.8 cm³/mol. The molecule has 3 aromatic rings. The van der Waals surface area contributed by atoms with Crippen molar-refractivity contribution in [3.63, 3.8) is 0 Å². The predicted octanol–water partition coefficient (Wildman–Crippen LogP) is 3.46. The summed E-state index contributed by atoms with van der Waals surface area (Å²) in [5, 5.41) is 4.64. The molecule has 0 N–H and O–H groups in total. The van der Waals surface area contributed by atoms with Crippen molar-refractivity contribution in [1.82, 2.24) is 19.7 Å². The number of rotatable bonds is 4. The van der Waals surface area contributed by atoms with Gasteiger partial charge in [-0.1, -0.05) is 24.3 Å². The van der Waals surface area contributed by atoms with Gasteiger partial charge in [-0.25, -0.2) is 9.67 Å². The Bertz CT molecular complexity index is 899. The Kier molecular flexibility index (Phi) is 4.65. The molecule has 0 unspecified atom stereocenters. The molecule has 25 heavy (non-hydrogen) atoms. The minimum absolute atomic E-state index is 0.0880. The third kappa shape index (κ3) is 3.45. The van der Waals surface area contributed by atoms with Gasteiger partial charge in [-0.15, -0.1) is 0 Å². The molecule has 3 rings (SSSR count). The Morgan fingerprint density at radius 3 is 2.44 bits per heavy atom. The first-order chi connectivity index (χ1) is 12.0. The molecule has 0 bridgehead atoms. The lowest BCUT2D eigenvalue weighted by atomic mass is 10.1. The Balaban J connectivity index is 1.86. The molecule has 0 radical (unpaired) electrons. The van der Waals surface area contributed by atoms with Gasteiger partial charge in [-0.2, -0.15) is 5.10 Å². The van der Waals surface area contributed by atoms with Crippen molar-refractivity contribution < 1.29 is 4.79 Å². The maximum atomic E-state index is 12.6. The van der Waals surface area contributed by atoms with E-state index in [0.29, 0.717) is 12.2 Å². The van der Waals surface area contributed by atoms with Gasteiger partial charge in [0.2, 0.25) is 0 Å². The van der Waals surface area contributed by atoms with Gasteiger partial charge in [0.15, 0.2) is 0 Å². The topological polar surface area (TPSA) is 51.0 Å². The van der Waals surface area contributed by atoms with Crippen LogP contribution >= 0.6 is 0 Å². The maximum absolute atomic E-state index is 12.6. The summed E-state index contributed by atoms with van der Waals surface area (Å²) in [6, 6.07) is 15.5. The van der Waals surface area contributed by atoms with Crippen LogP contribution in [-0.2, 0) is 6.54 Å². The van der Waals surface area contributed by atoms with Gasteiger partial charge in [0.1, 0.15) is 5.69 Å². The molecule has 0 aliphatic heterocycles. The number of hydrogen-bond acceptors (Lipinski definition) is 3. The van der Waals surface area contributed by atoms with Crippen molar-refractivity contribution in [2.75, 3.05) is 7.05 Å². The number of hydrogen-bond donors (Lipinski definition) is 0. The summed E-state index contributed by atoms with van der Waals surface area (Å²) in [7, 11) is 1.80. The highest BCUT2D eigenvalue weighted by atomic mass is 16.2. The molecule has 0 atom stereocenters. The van der Waals surface area contributed by atoms with Gasteiger partial charge in [-0.05, 0) is 45.0 Å². The van der Waals surface area contributed by atoms with E-state index in [9.17, 15) is 4.79 Å². The Morgan fingerprint density at radius 1 is 1.04 bits per heavy atom. The van der Waals surface area contributed by atoms with Gasteiger partial charge in [0.05, 0.1) is 11.4 Å². The van der Waals surface area contributed by atoms with Gasteiger partial charge in [0.25, 0.3) is 5.91 Å². The summed E-state index contributed by atoms with van der Waals surface area (Å²) in [5.74, 6) is -0.0880. The molecule has 0 saturated carbocycles. The number of amides is 1. The average Bonchev–Trinajstić information content (AvgIpc) is 2.90. The monoisotopic (exact) mass is 334 g/mol. The maximum Gasteiger partial charge on any atom is 0.272 e. The summed E-state index contributed by atoms with van der Waals surface area (Å²) >= 11 is 0. The van der Waals surface area contributed by atoms with E-state index >= 15 is 0 Å². The first-order valence-electron chi connectivity index (χ1n) is 8.27. The minimum atomic E-state index is -0.0880. The zero-order valence-electron chi connectivity index (χ0n) is 15.0. The molecule has 1 aromatic carbocycles. The van der Waals surface area contributed by atoms with E-state index in [1.807, 2.05) is 67.9 Å². The summed E-state index contributed by atoms with van der Waals surface area (Å²) in [6.45, 7) is 6.39. The second-order valence-electron chi connectivity index (χ2n) is 6.22. The quantitative estimate of drug-likeness (QED) is 0.734. The molecule has 128 valence electrons. The molecule has 5 heteroatoms. The molecular weight excluding hydrogens is 312 g/mol. The number of aromatic nitrogens is 3. The van der Waals surface area contributed by atoms with Gasteiger partial charge < -0.3 is 4.90 Å². The first kappa shape index (κ1) is 16.9. The number of nitrogens with zero attached hydrogens (tertiary/aromatic N) is 4. The van der Waals surface area contributed by atoms with Crippen molar-refractivity contribution in [2.45, 2.75) is 27.3 Å². The molecule has 5 nitrogen and oxygen atoms in total. The first-order valence-corrected chi connectivity index (χ1v) is 8.27. The number of carbonyl (C=O) groups is 1. The van der Waals surface area contributed by atoms with E-state index in [-0.39, 0.29) is 5.91 Å². The number of para-hydroxylation sites is 1. The summed E-state index contributed by atoms with van der Waals surface area (Å²) in [5.41, 5.74) is 5.35. The second-order valence-corrected chi connectivity index (χ2v) is 6.22. The highest BCUT2D eigenvalue weighted by Gasteiger charge is 2.19. The van der Waals surface area contributed by atoms with E-state index < -0.39 is 0 Å². The number of benzene rings is 1.